The van der Waals surface area contributed by atoms with Crippen LogP contribution in [0.2, 0.25) is 0 Å². The quantitative estimate of drug-likeness (QED) is 0.895. The van der Waals surface area contributed by atoms with Crippen molar-refractivity contribution >= 4 is 16.9 Å². The van der Waals surface area contributed by atoms with Gasteiger partial charge >= 0.3 is 0 Å². The molecule has 1 amide bonds. The molecular formula is C21H29N3O2. The smallest absolute Gasteiger partial charge is 0.223 e. The molecule has 1 saturated carbocycles. The van der Waals surface area contributed by atoms with E-state index in [1.165, 1.54) is 0 Å². The average molecular weight is 355 g/mol. The van der Waals surface area contributed by atoms with Crippen molar-refractivity contribution in [3.8, 4) is 0 Å². The molecule has 0 spiro atoms. The Morgan fingerprint density at radius 3 is 2.58 bits per heavy atom. The standard InChI is InChI=1S/C21H29N3O2/c1-21(2,3)23-13-14(12-19(23)26)20-22-15-8-4-5-9-16(15)24(20)17-10-6-7-11-18(17)25/h4-5,8-9,14,17-18,25H,6-7,10-13H2,1-3H3. The van der Waals surface area contributed by atoms with Gasteiger partial charge in [0.2, 0.25) is 5.91 Å². The molecule has 3 atom stereocenters. The van der Waals surface area contributed by atoms with Crippen molar-refractivity contribution in [3.05, 3.63) is 30.1 Å². The number of aliphatic hydroxyl groups excluding tert-OH is 1. The first-order chi connectivity index (χ1) is 12.4. The number of aliphatic hydroxyl groups is 1. The molecule has 3 unspecified atom stereocenters. The summed E-state index contributed by atoms with van der Waals surface area (Å²) in [6.45, 7) is 6.96. The first-order valence-corrected chi connectivity index (χ1v) is 9.81. The number of para-hydroxylation sites is 2. The van der Waals surface area contributed by atoms with Crippen molar-refractivity contribution in [1.82, 2.24) is 14.5 Å². The minimum Gasteiger partial charge on any atom is -0.391 e. The van der Waals surface area contributed by atoms with Crippen molar-refractivity contribution in [2.75, 3.05) is 6.54 Å². The van der Waals surface area contributed by atoms with Gasteiger partial charge in [0, 0.05) is 24.4 Å². The predicted molar refractivity (Wildman–Crippen MR) is 102 cm³/mol. The Hall–Kier alpha value is -1.88. The zero-order valence-corrected chi connectivity index (χ0v) is 16.0. The zero-order valence-electron chi connectivity index (χ0n) is 16.0. The van der Waals surface area contributed by atoms with Gasteiger partial charge < -0.3 is 14.6 Å². The second-order valence-corrected chi connectivity index (χ2v) is 8.82. The molecule has 2 heterocycles. The summed E-state index contributed by atoms with van der Waals surface area (Å²) in [6.07, 6.45) is 4.19. The summed E-state index contributed by atoms with van der Waals surface area (Å²) in [5.41, 5.74) is 1.87. The van der Waals surface area contributed by atoms with Gasteiger partial charge in [-0.25, -0.2) is 4.98 Å². The summed E-state index contributed by atoms with van der Waals surface area (Å²) in [5.74, 6) is 1.26. The SMILES string of the molecule is CC(C)(C)N1CC(c2nc3ccccc3n2C2CCCCC2O)CC1=O. The van der Waals surface area contributed by atoms with Crippen molar-refractivity contribution in [1.29, 1.82) is 0 Å². The van der Waals surface area contributed by atoms with Crippen LogP contribution in [0.5, 0.6) is 0 Å². The number of fused-ring (bicyclic) bond motifs is 1. The second kappa shape index (κ2) is 6.38. The Labute approximate surface area is 155 Å². The molecule has 1 saturated heterocycles. The van der Waals surface area contributed by atoms with E-state index in [0.29, 0.717) is 13.0 Å². The molecule has 1 aromatic heterocycles. The van der Waals surface area contributed by atoms with Crippen molar-refractivity contribution in [2.24, 2.45) is 0 Å². The van der Waals surface area contributed by atoms with Gasteiger partial charge in [-0.05, 0) is 45.7 Å². The summed E-state index contributed by atoms with van der Waals surface area (Å²) in [7, 11) is 0. The summed E-state index contributed by atoms with van der Waals surface area (Å²) in [4.78, 5) is 19.5. The van der Waals surface area contributed by atoms with Crippen LogP contribution in [0.1, 0.15) is 70.7 Å². The van der Waals surface area contributed by atoms with Crippen LogP contribution in [0.15, 0.2) is 24.3 Å². The van der Waals surface area contributed by atoms with Crippen molar-refractivity contribution < 1.29 is 9.90 Å². The largest absolute Gasteiger partial charge is 0.391 e. The third-order valence-corrected chi connectivity index (χ3v) is 5.95. The van der Waals surface area contributed by atoms with Gasteiger partial charge in [0.1, 0.15) is 5.82 Å². The fraction of sp³-hybridized carbons (Fsp3) is 0.619. The number of rotatable bonds is 2. The second-order valence-electron chi connectivity index (χ2n) is 8.82. The molecule has 4 rings (SSSR count). The molecule has 2 aliphatic rings. The maximum Gasteiger partial charge on any atom is 0.223 e. The number of likely N-dealkylation sites (tertiary alicyclic amines) is 1. The Kier molecular flexibility index (Phi) is 4.30. The maximum absolute atomic E-state index is 12.6. The molecular weight excluding hydrogens is 326 g/mol. The van der Waals surface area contributed by atoms with Crippen LogP contribution in [0, 0.1) is 0 Å². The number of nitrogens with zero attached hydrogens (tertiary/aromatic N) is 3. The first kappa shape index (κ1) is 17.5. The number of hydrogen-bond acceptors (Lipinski definition) is 3. The van der Waals surface area contributed by atoms with Crippen molar-refractivity contribution in [3.63, 3.8) is 0 Å². The number of hydrogen-bond donors (Lipinski definition) is 1. The van der Waals surface area contributed by atoms with Gasteiger partial charge in [-0.2, -0.15) is 0 Å². The van der Waals surface area contributed by atoms with Crippen LogP contribution in [0.3, 0.4) is 0 Å². The topological polar surface area (TPSA) is 58.4 Å². The van der Waals surface area contributed by atoms with E-state index < -0.39 is 0 Å². The van der Waals surface area contributed by atoms with E-state index in [1.807, 2.05) is 23.1 Å². The van der Waals surface area contributed by atoms with Crippen LogP contribution in [0.4, 0.5) is 0 Å². The number of amides is 1. The molecule has 1 aromatic carbocycles. The van der Waals surface area contributed by atoms with Gasteiger partial charge in [-0.1, -0.05) is 25.0 Å². The Morgan fingerprint density at radius 2 is 1.88 bits per heavy atom. The first-order valence-electron chi connectivity index (χ1n) is 9.81. The average Bonchev–Trinajstić information content (AvgIpc) is 3.16. The number of benzene rings is 1. The van der Waals surface area contributed by atoms with Gasteiger partial charge in [-0.15, -0.1) is 0 Å². The monoisotopic (exact) mass is 355 g/mol. The number of aromatic nitrogens is 2. The normalized spacial score (nSPS) is 27.5. The van der Waals surface area contributed by atoms with E-state index in [0.717, 1.165) is 42.5 Å². The lowest BCUT2D eigenvalue weighted by Crippen LogP contribution is -2.42. The molecule has 1 aliphatic carbocycles. The molecule has 5 heteroatoms. The zero-order chi connectivity index (χ0) is 18.5. The Morgan fingerprint density at radius 1 is 1.15 bits per heavy atom. The Bertz CT molecular complexity index is 820. The highest BCUT2D eigenvalue weighted by atomic mass is 16.3. The summed E-state index contributed by atoms with van der Waals surface area (Å²) in [5, 5.41) is 10.7. The molecule has 26 heavy (non-hydrogen) atoms. The number of carbonyl (C=O) groups excluding carboxylic acids is 1. The molecule has 5 nitrogen and oxygen atoms in total. The van der Waals surface area contributed by atoms with E-state index in [4.69, 9.17) is 4.98 Å². The van der Waals surface area contributed by atoms with Gasteiger partial charge in [0.25, 0.3) is 0 Å². The van der Waals surface area contributed by atoms with E-state index in [9.17, 15) is 9.90 Å². The van der Waals surface area contributed by atoms with Crippen LogP contribution < -0.4 is 0 Å². The van der Waals surface area contributed by atoms with E-state index in [-0.39, 0.29) is 29.5 Å². The van der Waals surface area contributed by atoms with E-state index in [1.54, 1.807) is 0 Å². The van der Waals surface area contributed by atoms with Crippen LogP contribution in [-0.2, 0) is 4.79 Å². The highest BCUT2D eigenvalue weighted by Crippen LogP contribution is 2.38. The van der Waals surface area contributed by atoms with Gasteiger partial charge in [0.05, 0.1) is 23.2 Å². The predicted octanol–water partition coefficient (Wildman–Crippen LogP) is 3.63. The third kappa shape index (κ3) is 2.92. The highest BCUT2D eigenvalue weighted by molar-refractivity contribution is 5.81. The minimum absolute atomic E-state index is 0.0601. The Balaban J connectivity index is 1.78. The summed E-state index contributed by atoms with van der Waals surface area (Å²) >= 11 is 0. The molecule has 140 valence electrons. The van der Waals surface area contributed by atoms with E-state index in [2.05, 4.69) is 31.4 Å². The molecule has 2 fully saturated rings. The van der Waals surface area contributed by atoms with Crippen LogP contribution in [-0.4, -0.2) is 43.7 Å². The molecule has 1 aliphatic heterocycles. The molecule has 0 radical (unpaired) electrons. The lowest BCUT2D eigenvalue weighted by atomic mass is 9.91. The van der Waals surface area contributed by atoms with Crippen LogP contribution in [0.25, 0.3) is 11.0 Å². The third-order valence-electron chi connectivity index (χ3n) is 5.95. The van der Waals surface area contributed by atoms with E-state index >= 15 is 0 Å². The molecule has 1 N–H and O–H groups in total. The highest BCUT2D eigenvalue weighted by Gasteiger charge is 2.40. The van der Waals surface area contributed by atoms with Crippen molar-refractivity contribution in [2.45, 2.75) is 76.5 Å². The summed E-state index contributed by atoms with van der Waals surface area (Å²) < 4.78 is 2.25. The minimum atomic E-state index is -0.337. The van der Waals surface area contributed by atoms with Gasteiger partial charge in [-0.3, -0.25) is 4.79 Å². The maximum atomic E-state index is 12.6. The molecule has 2 aromatic rings. The fourth-order valence-corrected chi connectivity index (χ4v) is 4.62. The number of carbonyl (C=O) groups is 1. The lowest BCUT2D eigenvalue weighted by molar-refractivity contribution is -0.131. The molecule has 0 bridgehead atoms. The number of imidazole rings is 1. The summed E-state index contributed by atoms with van der Waals surface area (Å²) in [6, 6.07) is 8.21. The van der Waals surface area contributed by atoms with Gasteiger partial charge in [0.15, 0.2) is 0 Å². The fourth-order valence-electron chi connectivity index (χ4n) is 4.62. The lowest BCUT2D eigenvalue weighted by Gasteiger charge is -2.33. The van der Waals surface area contributed by atoms with Crippen LogP contribution >= 0.6 is 0 Å².